The van der Waals surface area contributed by atoms with Crippen LogP contribution in [0, 0.1) is 0 Å². The van der Waals surface area contributed by atoms with E-state index in [-0.39, 0.29) is 5.91 Å². The van der Waals surface area contributed by atoms with Crippen LogP contribution >= 0.6 is 11.3 Å². The van der Waals surface area contributed by atoms with Crippen molar-refractivity contribution < 1.29 is 4.79 Å². The largest absolute Gasteiger partial charge is 0.349 e. The fourth-order valence-corrected chi connectivity index (χ4v) is 2.60. The molecule has 3 nitrogen and oxygen atoms in total. The number of carbonyl (C=O) groups is 1. The van der Waals surface area contributed by atoms with Crippen LogP contribution in [-0.4, -0.2) is 17.0 Å². The summed E-state index contributed by atoms with van der Waals surface area (Å²) < 4.78 is 3.29. The highest BCUT2D eigenvalue weighted by Crippen LogP contribution is 2.26. The van der Waals surface area contributed by atoms with Gasteiger partial charge < -0.3 is 9.88 Å². The molecule has 1 aliphatic heterocycles. The van der Waals surface area contributed by atoms with E-state index in [0.717, 1.165) is 18.8 Å². The number of rotatable bonds is 0. The van der Waals surface area contributed by atoms with Crippen molar-refractivity contribution in [1.82, 2.24) is 9.88 Å². The number of fused-ring (bicyclic) bond motifs is 3. The number of nitrogens with one attached hydrogen (secondary N) is 1. The average Bonchev–Trinajstić information content (AvgIpc) is 2.65. The monoisotopic (exact) mass is 192 g/mol. The molecule has 0 atom stereocenters. The number of nitrogens with zero attached hydrogens (tertiary/aromatic N) is 1. The zero-order valence-electron chi connectivity index (χ0n) is 6.91. The Hall–Kier alpha value is -1.29. The number of hydrogen-bond acceptors (Lipinski definition) is 2. The van der Waals surface area contributed by atoms with Crippen molar-refractivity contribution in [2.45, 2.75) is 6.54 Å². The van der Waals surface area contributed by atoms with Crippen LogP contribution in [0.25, 0.3) is 10.2 Å². The number of thiophene rings is 1. The van der Waals surface area contributed by atoms with Crippen molar-refractivity contribution >= 4 is 27.5 Å². The predicted octanol–water partition coefficient (Wildman–Crippen LogP) is 1.45. The summed E-state index contributed by atoms with van der Waals surface area (Å²) in [7, 11) is 0. The fourth-order valence-electron chi connectivity index (χ4n) is 1.78. The second kappa shape index (κ2) is 2.35. The summed E-state index contributed by atoms with van der Waals surface area (Å²) in [6.45, 7) is 1.63. The molecule has 1 N–H and O–H groups in total. The van der Waals surface area contributed by atoms with E-state index in [4.69, 9.17) is 0 Å². The van der Waals surface area contributed by atoms with Crippen LogP contribution in [0.4, 0.5) is 0 Å². The molecule has 0 unspecified atom stereocenters. The van der Waals surface area contributed by atoms with Crippen molar-refractivity contribution in [3.8, 4) is 0 Å². The van der Waals surface area contributed by atoms with Gasteiger partial charge in [0.2, 0.25) is 0 Å². The molecule has 0 aliphatic carbocycles. The molecule has 66 valence electrons. The molecule has 1 amide bonds. The van der Waals surface area contributed by atoms with Crippen molar-refractivity contribution in [2.75, 3.05) is 6.54 Å². The van der Waals surface area contributed by atoms with E-state index in [2.05, 4.69) is 21.3 Å². The van der Waals surface area contributed by atoms with Crippen LogP contribution in [0.3, 0.4) is 0 Å². The lowest BCUT2D eigenvalue weighted by atomic mass is 10.3. The Labute approximate surface area is 79.0 Å². The Morgan fingerprint density at radius 1 is 1.54 bits per heavy atom. The highest BCUT2D eigenvalue weighted by atomic mass is 32.1. The van der Waals surface area contributed by atoms with Crippen molar-refractivity contribution in [3.05, 3.63) is 23.2 Å². The third-order valence-corrected chi connectivity index (χ3v) is 3.23. The van der Waals surface area contributed by atoms with E-state index in [9.17, 15) is 4.79 Å². The Balaban J connectivity index is 2.37. The third-order valence-electron chi connectivity index (χ3n) is 2.38. The first-order valence-electron chi connectivity index (χ1n) is 4.21. The van der Waals surface area contributed by atoms with E-state index in [1.807, 2.05) is 6.07 Å². The van der Waals surface area contributed by atoms with E-state index in [1.54, 1.807) is 11.3 Å². The van der Waals surface area contributed by atoms with Gasteiger partial charge in [-0.3, -0.25) is 4.79 Å². The smallest absolute Gasteiger partial charge is 0.268 e. The van der Waals surface area contributed by atoms with E-state index in [1.165, 1.54) is 10.2 Å². The molecular weight excluding hydrogens is 184 g/mol. The summed E-state index contributed by atoms with van der Waals surface area (Å²) in [6.07, 6.45) is 0. The van der Waals surface area contributed by atoms with Crippen LogP contribution in [0.15, 0.2) is 17.5 Å². The molecule has 0 radical (unpaired) electrons. The molecular formula is C9H8N2OS. The second-order valence-electron chi connectivity index (χ2n) is 3.11. The molecule has 13 heavy (non-hydrogen) atoms. The number of aromatic nitrogens is 1. The van der Waals surface area contributed by atoms with Crippen molar-refractivity contribution in [1.29, 1.82) is 0 Å². The highest BCUT2D eigenvalue weighted by Gasteiger charge is 2.19. The maximum absolute atomic E-state index is 11.4. The van der Waals surface area contributed by atoms with Crippen molar-refractivity contribution in [3.63, 3.8) is 0 Å². The first-order chi connectivity index (χ1) is 6.36. The van der Waals surface area contributed by atoms with Gasteiger partial charge in [0.25, 0.3) is 5.91 Å². The summed E-state index contributed by atoms with van der Waals surface area (Å²) in [6, 6.07) is 4.04. The Morgan fingerprint density at radius 3 is 3.38 bits per heavy atom. The van der Waals surface area contributed by atoms with Crippen molar-refractivity contribution in [2.24, 2.45) is 0 Å². The number of amides is 1. The summed E-state index contributed by atoms with van der Waals surface area (Å²) in [5.41, 5.74) is 1.99. The van der Waals surface area contributed by atoms with Gasteiger partial charge in [0.15, 0.2) is 0 Å². The molecule has 0 fully saturated rings. The number of carbonyl (C=O) groups excluding carboxylic acids is 1. The van der Waals surface area contributed by atoms with Crippen LogP contribution in [0.1, 0.15) is 10.5 Å². The standard InChI is InChI=1S/C9H8N2OS/c12-9-7-5-8-6(1-4-13-8)11(7)3-2-10-9/h1,4-5H,2-3H2,(H,10,12). The molecule has 2 aromatic heterocycles. The van der Waals surface area contributed by atoms with Gasteiger partial charge in [-0.15, -0.1) is 11.3 Å². The van der Waals surface area contributed by atoms with Gasteiger partial charge in [-0.25, -0.2) is 0 Å². The molecule has 3 heterocycles. The zero-order chi connectivity index (χ0) is 8.84. The maximum atomic E-state index is 11.4. The first kappa shape index (κ1) is 7.15. The first-order valence-corrected chi connectivity index (χ1v) is 5.09. The molecule has 2 aromatic rings. The summed E-state index contributed by atoms with van der Waals surface area (Å²) >= 11 is 1.68. The second-order valence-corrected chi connectivity index (χ2v) is 4.05. The predicted molar refractivity (Wildman–Crippen MR) is 52.1 cm³/mol. The molecule has 0 spiro atoms. The lowest BCUT2D eigenvalue weighted by Gasteiger charge is -2.15. The van der Waals surface area contributed by atoms with Crippen LogP contribution in [0.5, 0.6) is 0 Å². The highest BCUT2D eigenvalue weighted by molar-refractivity contribution is 7.17. The average molecular weight is 192 g/mol. The van der Waals surface area contributed by atoms with Gasteiger partial charge in [0, 0.05) is 13.1 Å². The normalized spacial score (nSPS) is 15.8. The molecule has 3 rings (SSSR count). The molecule has 4 heteroatoms. The van der Waals surface area contributed by atoms with Gasteiger partial charge in [-0.2, -0.15) is 0 Å². The third kappa shape index (κ3) is 0.862. The van der Waals surface area contributed by atoms with E-state index in [0.29, 0.717) is 0 Å². The summed E-state index contributed by atoms with van der Waals surface area (Å²) in [4.78, 5) is 11.4. The Bertz CT molecular complexity index is 483. The van der Waals surface area contributed by atoms with Gasteiger partial charge in [0.05, 0.1) is 10.2 Å². The molecule has 0 saturated heterocycles. The van der Waals surface area contributed by atoms with Crippen LogP contribution in [-0.2, 0) is 6.54 Å². The van der Waals surface area contributed by atoms with Gasteiger partial charge in [0.1, 0.15) is 5.69 Å². The maximum Gasteiger partial charge on any atom is 0.268 e. The molecule has 0 bridgehead atoms. The Kier molecular flexibility index (Phi) is 1.29. The number of hydrogen-bond donors (Lipinski definition) is 1. The van der Waals surface area contributed by atoms with E-state index < -0.39 is 0 Å². The zero-order valence-corrected chi connectivity index (χ0v) is 7.73. The van der Waals surface area contributed by atoms with E-state index >= 15 is 0 Å². The van der Waals surface area contributed by atoms with Crippen LogP contribution < -0.4 is 5.32 Å². The lowest BCUT2D eigenvalue weighted by molar-refractivity contribution is 0.0929. The Morgan fingerprint density at radius 2 is 2.46 bits per heavy atom. The molecule has 0 aromatic carbocycles. The SMILES string of the molecule is O=C1NCCn2c1cc1sccc12. The van der Waals surface area contributed by atoms with Crippen LogP contribution in [0.2, 0.25) is 0 Å². The van der Waals surface area contributed by atoms with Gasteiger partial charge in [-0.05, 0) is 17.5 Å². The topological polar surface area (TPSA) is 34.0 Å². The lowest BCUT2D eigenvalue weighted by Crippen LogP contribution is -2.34. The quantitative estimate of drug-likeness (QED) is 0.673. The van der Waals surface area contributed by atoms with Gasteiger partial charge in [-0.1, -0.05) is 0 Å². The molecule has 0 saturated carbocycles. The minimum absolute atomic E-state index is 0.0506. The molecule has 1 aliphatic rings. The minimum Gasteiger partial charge on any atom is -0.349 e. The minimum atomic E-state index is 0.0506. The summed E-state index contributed by atoms with van der Waals surface area (Å²) in [5.74, 6) is 0.0506. The fraction of sp³-hybridized carbons (Fsp3) is 0.222. The summed E-state index contributed by atoms with van der Waals surface area (Å²) in [5, 5.41) is 4.89. The van der Waals surface area contributed by atoms with Gasteiger partial charge >= 0.3 is 0 Å².